The lowest BCUT2D eigenvalue weighted by Gasteiger charge is -2.14. The van der Waals surface area contributed by atoms with Gasteiger partial charge in [0.25, 0.3) is 0 Å². The molecule has 2 heterocycles. The SMILES string of the molecule is Cc1cc(C(Cc2ccncc2Cl)NN)sc1Br. The molecule has 0 aromatic carbocycles. The summed E-state index contributed by atoms with van der Waals surface area (Å²) in [5.41, 5.74) is 5.10. The van der Waals surface area contributed by atoms with Gasteiger partial charge in [0.15, 0.2) is 0 Å². The second-order valence-electron chi connectivity index (χ2n) is 4.00. The zero-order chi connectivity index (χ0) is 13.1. The number of nitrogens with one attached hydrogen (secondary N) is 1. The van der Waals surface area contributed by atoms with Gasteiger partial charge in [0.05, 0.1) is 14.9 Å². The molecule has 0 saturated heterocycles. The minimum Gasteiger partial charge on any atom is -0.271 e. The molecule has 0 spiro atoms. The number of hydrogen-bond acceptors (Lipinski definition) is 4. The quantitative estimate of drug-likeness (QED) is 0.657. The van der Waals surface area contributed by atoms with Crippen LogP contribution in [0.5, 0.6) is 0 Å². The Balaban J connectivity index is 2.22. The molecule has 0 radical (unpaired) electrons. The predicted molar refractivity (Wildman–Crippen MR) is 79.8 cm³/mol. The average Bonchev–Trinajstić information content (AvgIpc) is 2.68. The Hall–Kier alpha value is -0.460. The number of pyridine rings is 1. The summed E-state index contributed by atoms with van der Waals surface area (Å²) in [6.45, 7) is 2.07. The van der Waals surface area contributed by atoms with Gasteiger partial charge in [0, 0.05) is 17.3 Å². The Morgan fingerprint density at radius 2 is 2.39 bits per heavy atom. The molecule has 1 atom stereocenters. The van der Waals surface area contributed by atoms with Gasteiger partial charge in [-0.15, -0.1) is 11.3 Å². The van der Waals surface area contributed by atoms with Crippen LogP contribution in [0.1, 0.15) is 22.0 Å². The second kappa shape index (κ2) is 6.12. The van der Waals surface area contributed by atoms with Crippen molar-refractivity contribution in [3.63, 3.8) is 0 Å². The van der Waals surface area contributed by atoms with E-state index in [9.17, 15) is 0 Å². The summed E-state index contributed by atoms with van der Waals surface area (Å²) in [4.78, 5) is 5.17. The smallest absolute Gasteiger partial charge is 0.0731 e. The van der Waals surface area contributed by atoms with Crippen LogP contribution in [0, 0.1) is 6.92 Å². The number of aromatic nitrogens is 1. The fourth-order valence-electron chi connectivity index (χ4n) is 1.69. The Kier molecular flexibility index (Phi) is 4.75. The number of hydrazine groups is 1. The van der Waals surface area contributed by atoms with Gasteiger partial charge in [0.2, 0.25) is 0 Å². The van der Waals surface area contributed by atoms with Crippen LogP contribution in [-0.2, 0) is 6.42 Å². The van der Waals surface area contributed by atoms with Crippen LogP contribution in [0.3, 0.4) is 0 Å². The molecule has 3 N–H and O–H groups in total. The van der Waals surface area contributed by atoms with Gasteiger partial charge in [-0.05, 0) is 52.5 Å². The first kappa shape index (κ1) is 14.0. The Morgan fingerprint density at radius 3 is 2.94 bits per heavy atom. The number of hydrogen-bond donors (Lipinski definition) is 2. The molecule has 0 aliphatic heterocycles. The monoisotopic (exact) mass is 345 g/mol. The maximum absolute atomic E-state index is 6.11. The molecule has 0 amide bonds. The van der Waals surface area contributed by atoms with Crippen LogP contribution in [-0.4, -0.2) is 4.98 Å². The summed E-state index contributed by atoms with van der Waals surface area (Å²) in [5, 5.41) is 0.671. The molecule has 18 heavy (non-hydrogen) atoms. The fraction of sp³-hybridized carbons (Fsp3) is 0.250. The third-order valence-electron chi connectivity index (χ3n) is 2.70. The molecule has 2 aromatic heterocycles. The van der Waals surface area contributed by atoms with Crippen molar-refractivity contribution < 1.29 is 0 Å². The highest BCUT2D eigenvalue weighted by molar-refractivity contribution is 9.11. The van der Waals surface area contributed by atoms with Gasteiger partial charge < -0.3 is 0 Å². The molecule has 96 valence electrons. The van der Waals surface area contributed by atoms with E-state index >= 15 is 0 Å². The topological polar surface area (TPSA) is 50.9 Å². The number of thiophene rings is 1. The third-order valence-corrected chi connectivity index (χ3v) is 5.29. The van der Waals surface area contributed by atoms with Gasteiger partial charge in [-0.2, -0.15) is 0 Å². The minimum absolute atomic E-state index is 0.0555. The van der Waals surface area contributed by atoms with Crippen molar-refractivity contribution in [1.29, 1.82) is 0 Å². The van der Waals surface area contributed by atoms with Crippen molar-refractivity contribution in [1.82, 2.24) is 10.4 Å². The van der Waals surface area contributed by atoms with Crippen molar-refractivity contribution in [3.05, 3.63) is 49.3 Å². The summed E-state index contributed by atoms with van der Waals surface area (Å²) >= 11 is 11.3. The standard InChI is InChI=1S/C12H13BrClN3S/c1-7-4-11(18-12(7)13)10(17-15)5-8-2-3-16-6-9(8)14/h2-4,6,10,17H,5,15H2,1H3. The normalized spacial score (nSPS) is 12.7. The summed E-state index contributed by atoms with van der Waals surface area (Å²) in [6, 6.07) is 4.11. The molecule has 6 heteroatoms. The van der Waals surface area contributed by atoms with E-state index in [1.807, 2.05) is 6.07 Å². The molecular formula is C12H13BrClN3S. The largest absolute Gasteiger partial charge is 0.271 e. The fourth-order valence-corrected chi connectivity index (χ4v) is 3.51. The van der Waals surface area contributed by atoms with Gasteiger partial charge >= 0.3 is 0 Å². The van der Waals surface area contributed by atoms with Gasteiger partial charge in [-0.25, -0.2) is 0 Å². The van der Waals surface area contributed by atoms with Crippen LogP contribution < -0.4 is 11.3 Å². The van der Waals surface area contributed by atoms with Crippen LogP contribution in [0.4, 0.5) is 0 Å². The van der Waals surface area contributed by atoms with Crippen LogP contribution in [0.25, 0.3) is 0 Å². The summed E-state index contributed by atoms with van der Waals surface area (Å²) in [7, 11) is 0. The molecular weight excluding hydrogens is 334 g/mol. The summed E-state index contributed by atoms with van der Waals surface area (Å²) < 4.78 is 1.14. The van der Waals surface area contributed by atoms with E-state index in [4.69, 9.17) is 17.4 Å². The molecule has 0 aliphatic carbocycles. The summed E-state index contributed by atoms with van der Waals surface area (Å²) in [5.74, 6) is 5.64. The highest BCUT2D eigenvalue weighted by Crippen LogP contribution is 2.33. The molecule has 0 fully saturated rings. The average molecular weight is 347 g/mol. The number of halogens is 2. The van der Waals surface area contributed by atoms with Crippen molar-refractivity contribution in [3.8, 4) is 0 Å². The maximum Gasteiger partial charge on any atom is 0.0731 e. The Morgan fingerprint density at radius 1 is 1.61 bits per heavy atom. The van der Waals surface area contributed by atoms with E-state index in [1.54, 1.807) is 23.7 Å². The number of nitrogens with zero attached hydrogens (tertiary/aromatic N) is 1. The van der Waals surface area contributed by atoms with Gasteiger partial charge in [-0.1, -0.05) is 11.6 Å². The first-order valence-electron chi connectivity index (χ1n) is 5.42. The van der Waals surface area contributed by atoms with Crippen molar-refractivity contribution in [2.75, 3.05) is 0 Å². The molecule has 0 aliphatic rings. The first-order valence-corrected chi connectivity index (χ1v) is 7.41. The van der Waals surface area contributed by atoms with Crippen LogP contribution >= 0.6 is 38.9 Å². The number of aryl methyl sites for hydroxylation is 1. The lowest BCUT2D eigenvalue weighted by molar-refractivity contribution is 0.560. The van der Waals surface area contributed by atoms with E-state index in [2.05, 4.69) is 39.3 Å². The highest BCUT2D eigenvalue weighted by Gasteiger charge is 2.16. The number of nitrogens with two attached hydrogens (primary N) is 1. The third kappa shape index (κ3) is 3.10. The van der Waals surface area contributed by atoms with E-state index in [0.717, 1.165) is 15.8 Å². The minimum atomic E-state index is 0.0555. The Bertz CT molecular complexity index is 524. The molecule has 2 aromatic rings. The Labute approximate surface area is 123 Å². The zero-order valence-electron chi connectivity index (χ0n) is 9.78. The van der Waals surface area contributed by atoms with Gasteiger partial charge in [-0.3, -0.25) is 16.3 Å². The van der Waals surface area contributed by atoms with E-state index in [1.165, 1.54) is 10.4 Å². The van der Waals surface area contributed by atoms with Gasteiger partial charge in [0.1, 0.15) is 0 Å². The van der Waals surface area contributed by atoms with E-state index in [0.29, 0.717) is 5.02 Å². The molecule has 2 rings (SSSR count). The van der Waals surface area contributed by atoms with Crippen LogP contribution in [0.15, 0.2) is 28.3 Å². The molecule has 1 unspecified atom stereocenters. The lowest BCUT2D eigenvalue weighted by atomic mass is 10.1. The van der Waals surface area contributed by atoms with Crippen molar-refractivity contribution in [2.45, 2.75) is 19.4 Å². The predicted octanol–water partition coefficient (Wildman–Crippen LogP) is 3.61. The van der Waals surface area contributed by atoms with E-state index < -0.39 is 0 Å². The van der Waals surface area contributed by atoms with Crippen molar-refractivity contribution >= 4 is 38.9 Å². The highest BCUT2D eigenvalue weighted by atomic mass is 79.9. The number of rotatable bonds is 4. The first-order chi connectivity index (χ1) is 8.61. The molecule has 0 saturated carbocycles. The zero-order valence-corrected chi connectivity index (χ0v) is 12.9. The van der Waals surface area contributed by atoms with Crippen molar-refractivity contribution in [2.24, 2.45) is 5.84 Å². The molecule has 0 bridgehead atoms. The lowest BCUT2D eigenvalue weighted by Crippen LogP contribution is -2.29. The maximum atomic E-state index is 6.11. The van der Waals surface area contributed by atoms with Crippen LogP contribution in [0.2, 0.25) is 5.02 Å². The second-order valence-corrected chi connectivity index (χ2v) is 6.80. The van der Waals surface area contributed by atoms with E-state index in [-0.39, 0.29) is 6.04 Å². The summed E-state index contributed by atoms with van der Waals surface area (Å²) in [6.07, 6.45) is 4.13. The molecule has 3 nitrogen and oxygen atoms in total.